The number of hydrogen-bond donors (Lipinski definition) is 2. The number of hydrogen-bond acceptors (Lipinski definition) is 4. The first-order valence-corrected chi connectivity index (χ1v) is 8.11. The summed E-state index contributed by atoms with van der Waals surface area (Å²) >= 11 is 3.68. The maximum absolute atomic E-state index is 11.7. The zero-order valence-corrected chi connectivity index (χ0v) is 11.8. The van der Waals surface area contributed by atoms with Gasteiger partial charge in [0.25, 0.3) is 0 Å². The molecule has 1 unspecified atom stereocenters. The number of nitrogens with one attached hydrogen (secondary N) is 1. The van der Waals surface area contributed by atoms with E-state index in [2.05, 4.69) is 12.2 Å². The maximum Gasteiger partial charge on any atom is 0.236 e. The van der Waals surface area contributed by atoms with Gasteiger partial charge >= 0.3 is 0 Å². The van der Waals surface area contributed by atoms with Crippen LogP contribution in [-0.2, 0) is 4.79 Å². The predicted molar refractivity (Wildman–Crippen MR) is 74.1 cm³/mol. The molecular weight excluding hydrogens is 240 g/mol. The zero-order valence-electron chi connectivity index (χ0n) is 10.1. The van der Waals surface area contributed by atoms with Gasteiger partial charge in [0.1, 0.15) is 0 Å². The van der Waals surface area contributed by atoms with Gasteiger partial charge in [0, 0.05) is 11.3 Å². The summed E-state index contributed by atoms with van der Waals surface area (Å²) in [5.74, 6) is 2.16. The van der Waals surface area contributed by atoms with Crippen molar-refractivity contribution in [3.8, 4) is 0 Å². The molecule has 0 aromatic heterocycles. The van der Waals surface area contributed by atoms with Gasteiger partial charge in [-0.25, -0.2) is 0 Å². The van der Waals surface area contributed by atoms with Crippen LogP contribution in [0.5, 0.6) is 0 Å². The van der Waals surface area contributed by atoms with Gasteiger partial charge in [-0.05, 0) is 43.9 Å². The van der Waals surface area contributed by atoms with Gasteiger partial charge in [0.2, 0.25) is 5.91 Å². The van der Waals surface area contributed by atoms with Gasteiger partial charge in [0.15, 0.2) is 0 Å². The van der Waals surface area contributed by atoms with Crippen molar-refractivity contribution < 1.29 is 4.79 Å². The summed E-state index contributed by atoms with van der Waals surface area (Å²) in [5, 5.41) is 2.98. The Bertz CT molecular complexity index is 230. The molecule has 1 saturated heterocycles. The van der Waals surface area contributed by atoms with Crippen LogP contribution in [0.2, 0.25) is 0 Å². The maximum atomic E-state index is 11.7. The third kappa shape index (κ3) is 4.55. The van der Waals surface area contributed by atoms with E-state index in [9.17, 15) is 4.79 Å². The predicted octanol–water partition coefficient (Wildman–Crippen LogP) is 1.47. The molecular formula is C11H22N2OS2. The normalized spacial score (nSPS) is 26.7. The number of amides is 1. The van der Waals surface area contributed by atoms with E-state index in [-0.39, 0.29) is 16.7 Å². The molecule has 5 heteroatoms. The summed E-state index contributed by atoms with van der Waals surface area (Å²) in [5.41, 5.74) is 5.80. The molecule has 0 spiro atoms. The van der Waals surface area contributed by atoms with Crippen LogP contribution in [0.1, 0.15) is 26.2 Å². The molecule has 1 aliphatic heterocycles. The lowest BCUT2D eigenvalue weighted by atomic mass is 10.1. The highest BCUT2D eigenvalue weighted by Gasteiger charge is 2.30. The Morgan fingerprint density at radius 1 is 1.69 bits per heavy atom. The molecule has 0 aromatic carbocycles. The van der Waals surface area contributed by atoms with E-state index < -0.39 is 0 Å². The lowest BCUT2D eigenvalue weighted by molar-refractivity contribution is -0.122. The van der Waals surface area contributed by atoms with Crippen molar-refractivity contribution in [1.82, 2.24) is 5.32 Å². The second-order valence-corrected chi connectivity index (χ2v) is 7.18. The fourth-order valence-corrected chi connectivity index (χ4v) is 3.49. The Morgan fingerprint density at radius 3 is 3.00 bits per heavy atom. The molecule has 1 amide bonds. The van der Waals surface area contributed by atoms with Crippen LogP contribution in [0.3, 0.4) is 0 Å². The minimum Gasteiger partial charge on any atom is -0.353 e. The molecule has 0 aliphatic carbocycles. The molecule has 94 valence electrons. The third-order valence-corrected chi connectivity index (χ3v) is 5.09. The third-order valence-electron chi connectivity index (χ3n) is 2.91. The highest BCUT2D eigenvalue weighted by atomic mass is 32.2. The van der Waals surface area contributed by atoms with Crippen LogP contribution in [0.4, 0.5) is 0 Å². The largest absolute Gasteiger partial charge is 0.353 e. The van der Waals surface area contributed by atoms with Crippen molar-refractivity contribution in [1.29, 1.82) is 0 Å². The molecule has 3 nitrogen and oxygen atoms in total. The van der Waals surface area contributed by atoms with Crippen molar-refractivity contribution in [3.05, 3.63) is 0 Å². The fourth-order valence-electron chi connectivity index (χ4n) is 1.76. The van der Waals surface area contributed by atoms with E-state index >= 15 is 0 Å². The van der Waals surface area contributed by atoms with Crippen LogP contribution < -0.4 is 11.1 Å². The first kappa shape index (κ1) is 14.2. The average Bonchev–Trinajstić information content (AvgIpc) is 2.70. The van der Waals surface area contributed by atoms with Crippen LogP contribution >= 0.6 is 23.5 Å². The average molecular weight is 262 g/mol. The number of nitrogens with two attached hydrogens (primary N) is 1. The Labute approximate surface area is 107 Å². The lowest BCUT2D eigenvalue weighted by Crippen LogP contribution is -2.45. The number of thioether (sulfide) groups is 2. The zero-order chi connectivity index (χ0) is 12.0. The standard InChI is InChI=1S/C11H22N2OS2/c1-11(5-3-6-16-11)8-13-10(14)9(12)4-7-15-2/h9H,3-8,12H2,1-2H3,(H,13,14)/t9-,11?/m1/s1. The summed E-state index contributed by atoms with van der Waals surface area (Å²) in [6.07, 6.45) is 5.24. The van der Waals surface area contributed by atoms with E-state index in [1.807, 2.05) is 18.0 Å². The molecule has 0 saturated carbocycles. The van der Waals surface area contributed by atoms with Gasteiger partial charge in [-0.1, -0.05) is 0 Å². The second kappa shape index (κ2) is 6.77. The first-order chi connectivity index (χ1) is 7.57. The first-order valence-electron chi connectivity index (χ1n) is 5.73. The van der Waals surface area contributed by atoms with Crippen LogP contribution in [0.15, 0.2) is 0 Å². The van der Waals surface area contributed by atoms with Crippen LogP contribution in [-0.4, -0.2) is 41.0 Å². The Kier molecular flexibility index (Phi) is 6.00. The van der Waals surface area contributed by atoms with Gasteiger partial charge in [-0.15, -0.1) is 0 Å². The monoisotopic (exact) mass is 262 g/mol. The van der Waals surface area contributed by atoms with Crippen molar-refractivity contribution in [2.24, 2.45) is 5.73 Å². The highest BCUT2D eigenvalue weighted by molar-refractivity contribution is 8.00. The van der Waals surface area contributed by atoms with Gasteiger partial charge in [-0.2, -0.15) is 23.5 Å². The molecule has 0 radical (unpaired) electrons. The molecule has 2 atom stereocenters. The molecule has 1 heterocycles. The molecule has 1 rings (SSSR count). The molecule has 0 aromatic rings. The summed E-state index contributed by atoms with van der Waals surface area (Å²) in [6.45, 7) is 2.97. The van der Waals surface area contributed by atoms with Gasteiger partial charge < -0.3 is 11.1 Å². The van der Waals surface area contributed by atoms with E-state index in [0.717, 1.165) is 18.7 Å². The van der Waals surface area contributed by atoms with Gasteiger partial charge in [-0.3, -0.25) is 4.79 Å². The molecule has 16 heavy (non-hydrogen) atoms. The number of carbonyl (C=O) groups excluding carboxylic acids is 1. The molecule has 1 aliphatic rings. The Morgan fingerprint density at radius 2 is 2.44 bits per heavy atom. The fraction of sp³-hybridized carbons (Fsp3) is 0.909. The van der Waals surface area contributed by atoms with E-state index in [1.54, 1.807) is 11.8 Å². The summed E-state index contributed by atoms with van der Waals surface area (Å²) in [4.78, 5) is 11.7. The van der Waals surface area contributed by atoms with Crippen molar-refractivity contribution >= 4 is 29.4 Å². The van der Waals surface area contributed by atoms with E-state index in [1.165, 1.54) is 18.6 Å². The van der Waals surface area contributed by atoms with Crippen LogP contribution in [0, 0.1) is 0 Å². The topological polar surface area (TPSA) is 55.1 Å². The quantitative estimate of drug-likeness (QED) is 0.761. The summed E-state index contributed by atoms with van der Waals surface area (Å²) < 4.78 is 0.231. The Hall–Kier alpha value is 0.130. The molecule has 0 bridgehead atoms. The van der Waals surface area contributed by atoms with Gasteiger partial charge in [0.05, 0.1) is 6.04 Å². The van der Waals surface area contributed by atoms with E-state index in [0.29, 0.717) is 0 Å². The highest BCUT2D eigenvalue weighted by Crippen LogP contribution is 2.36. The minimum atomic E-state index is -0.345. The minimum absolute atomic E-state index is 0.00257. The summed E-state index contributed by atoms with van der Waals surface area (Å²) in [7, 11) is 0. The van der Waals surface area contributed by atoms with Crippen molar-refractivity contribution in [2.45, 2.75) is 37.0 Å². The van der Waals surface area contributed by atoms with Crippen LogP contribution in [0.25, 0.3) is 0 Å². The SMILES string of the molecule is CSCC[C@@H](N)C(=O)NCC1(C)CCCS1. The lowest BCUT2D eigenvalue weighted by Gasteiger charge is -2.23. The summed E-state index contributed by atoms with van der Waals surface area (Å²) in [6, 6.07) is -0.345. The van der Waals surface area contributed by atoms with Crippen molar-refractivity contribution in [3.63, 3.8) is 0 Å². The molecule has 3 N–H and O–H groups in total. The molecule has 1 fully saturated rings. The van der Waals surface area contributed by atoms with E-state index in [4.69, 9.17) is 5.73 Å². The Balaban J connectivity index is 2.23. The smallest absolute Gasteiger partial charge is 0.236 e. The number of carbonyl (C=O) groups is 1. The van der Waals surface area contributed by atoms with Crippen molar-refractivity contribution in [2.75, 3.05) is 24.3 Å². The number of rotatable bonds is 6. The second-order valence-electron chi connectivity index (χ2n) is 4.51.